The highest BCUT2D eigenvalue weighted by atomic mass is 16.5. The lowest BCUT2D eigenvalue weighted by molar-refractivity contribution is 0.0712. The van der Waals surface area contributed by atoms with Crippen LogP contribution in [0.2, 0.25) is 0 Å². The Morgan fingerprint density at radius 2 is 1.97 bits per heavy atom. The molecule has 0 spiro atoms. The van der Waals surface area contributed by atoms with Gasteiger partial charge in [-0.1, -0.05) is 12.1 Å². The fourth-order valence-corrected chi connectivity index (χ4v) is 3.34. The first kappa shape index (κ1) is 18.7. The second-order valence-corrected chi connectivity index (χ2v) is 6.94. The number of hydrogen-bond acceptors (Lipinski definition) is 5. The van der Waals surface area contributed by atoms with E-state index < -0.39 is 0 Å². The lowest BCUT2D eigenvalue weighted by Gasteiger charge is -2.25. The molecule has 148 valence electrons. The molecule has 0 fully saturated rings. The number of ether oxygens (including phenoxy) is 1. The molecule has 2 aromatic carbocycles. The molecule has 0 radical (unpaired) electrons. The summed E-state index contributed by atoms with van der Waals surface area (Å²) < 4.78 is 12.8. The van der Waals surface area contributed by atoms with Crippen molar-refractivity contribution in [3.63, 3.8) is 0 Å². The summed E-state index contributed by atoms with van der Waals surface area (Å²) in [5.41, 5.74) is 3.41. The molecule has 0 N–H and O–H groups in total. The van der Waals surface area contributed by atoms with Gasteiger partial charge in [0, 0.05) is 18.0 Å². The van der Waals surface area contributed by atoms with Gasteiger partial charge in [-0.2, -0.15) is 5.10 Å². The summed E-state index contributed by atoms with van der Waals surface area (Å²) in [6.45, 7) is 3.88. The third-order valence-electron chi connectivity index (χ3n) is 5.30. The van der Waals surface area contributed by atoms with Gasteiger partial charge >= 0.3 is 0 Å². The average Bonchev–Trinajstić information content (AvgIpc) is 3.40. The molecule has 0 aliphatic carbocycles. The van der Waals surface area contributed by atoms with E-state index in [0.717, 1.165) is 28.0 Å². The first-order chi connectivity index (χ1) is 14.0. The predicted molar refractivity (Wildman–Crippen MR) is 109 cm³/mol. The van der Waals surface area contributed by atoms with E-state index in [2.05, 4.69) is 10.1 Å². The van der Waals surface area contributed by atoms with Gasteiger partial charge in [-0.25, -0.2) is 9.67 Å². The van der Waals surface area contributed by atoms with Crippen LogP contribution in [0.1, 0.15) is 34.6 Å². The summed E-state index contributed by atoms with van der Waals surface area (Å²) in [5, 5.41) is 5.01. The maximum absolute atomic E-state index is 13.1. The number of carbonyl (C=O) groups is 1. The van der Waals surface area contributed by atoms with Gasteiger partial charge in [-0.15, -0.1) is 0 Å². The van der Waals surface area contributed by atoms with Gasteiger partial charge in [0.25, 0.3) is 5.91 Å². The molecule has 0 aliphatic heterocycles. The molecule has 1 amide bonds. The van der Waals surface area contributed by atoms with E-state index in [0.29, 0.717) is 11.3 Å². The Bertz CT molecular complexity index is 1150. The Labute approximate surface area is 168 Å². The van der Waals surface area contributed by atoms with Crippen LogP contribution in [-0.4, -0.2) is 39.7 Å². The molecule has 7 heteroatoms. The van der Waals surface area contributed by atoms with Crippen molar-refractivity contribution in [2.24, 2.45) is 0 Å². The molecule has 2 heterocycles. The maximum atomic E-state index is 13.1. The normalized spacial score (nSPS) is 12.1. The highest BCUT2D eigenvalue weighted by Gasteiger charge is 2.25. The topological polar surface area (TPSA) is 73.4 Å². The van der Waals surface area contributed by atoms with Crippen LogP contribution in [0.25, 0.3) is 16.7 Å². The van der Waals surface area contributed by atoms with E-state index in [9.17, 15) is 4.79 Å². The summed E-state index contributed by atoms with van der Waals surface area (Å²) in [6.07, 6.45) is 3.14. The van der Waals surface area contributed by atoms with Gasteiger partial charge in [0.05, 0.1) is 18.8 Å². The highest BCUT2D eigenvalue weighted by Crippen LogP contribution is 2.31. The lowest BCUT2D eigenvalue weighted by atomic mass is 10.1. The molecule has 1 unspecified atom stereocenters. The van der Waals surface area contributed by atoms with Crippen LogP contribution < -0.4 is 4.74 Å². The molecule has 0 bridgehead atoms. The second-order valence-electron chi connectivity index (χ2n) is 6.94. The molecule has 0 saturated carbocycles. The number of furan rings is 1. The first-order valence-electron chi connectivity index (χ1n) is 9.29. The fourth-order valence-electron chi connectivity index (χ4n) is 3.34. The van der Waals surface area contributed by atoms with Crippen LogP contribution in [0.15, 0.2) is 59.5 Å². The minimum Gasteiger partial charge on any atom is -0.497 e. The van der Waals surface area contributed by atoms with Gasteiger partial charge in [0.1, 0.15) is 24.0 Å². The largest absolute Gasteiger partial charge is 0.497 e. The van der Waals surface area contributed by atoms with Crippen LogP contribution in [0.4, 0.5) is 0 Å². The van der Waals surface area contributed by atoms with E-state index in [1.165, 1.54) is 6.33 Å². The number of benzene rings is 2. The fraction of sp³-hybridized carbons (Fsp3) is 0.227. The van der Waals surface area contributed by atoms with Gasteiger partial charge in [-0.05, 0) is 49.7 Å². The van der Waals surface area contributed by atoms with Crippen molar-refractivity contribution in [1.82, 2.24) is 19.7 Å². The predicted octanol–water partition coefficient (Wildman–Crippen LogP) is 4.16. The van der Waals surface area contributed by atoms with E-state index in [1.54, 1.807) is 30.1 Å². The minimum atomic E-state index is -0.162. The monoisotopic (exact) mass is 390 g/mol. The highest BCUT2D eigenvalue weighted by molar-refractivity contribution is 5.99. The van der Waals surface area contributed by atoms with Crippen LogP contribution in [0.3, 0.4) is 0 Å². The number of methoxy groups -OCH3 is 1. The third-order valence-corrected chi connectivity index (χ3v) is 5.30. The van der Waals surface area contributed by atoms with E-state index in [-0.39, 0.29) is 11.9 Å². The molecule has 4 aromatic rings. The second kappa shape index (κ2) is 7.43. The van der Waals surface area contributed by atoms with Gasteiger partial charge in [0.15, 0.2) is 5.76 Å². The summed E-state index contributed by atoms with van der Waals surface area (Å²) in [6, 6.07) is 13.3. The number of amides is 1. The first-order valence-corrected chi connectivity index (χ1v) is 9.29. The smallest absolute Gasteiger partial charge is 0.290 e. The number of fused-ring (bicyclic) bond motifs is 1. The SMILES string of the molecule is COc1ccc2oc(C(=O)N(C)C(C)c3ccc(-n4cncn4)cc3)c(C)c2c1. The van der Waals surface area contributed by atoms with Crippen molar-refractivity contribution in [2.75, 3.05) is 14.2 Å². The molecule has 1 atom stereocenters. The van der Waals surface area contributed by atoms with Crippen molar-refractivity contribution in [1.29, 1.82) is 0 Å². The van der Waals surface area contributed by atoms with E-state index >= 15 is 0 Å². The van der Waals surface area contributed by atoms with E-state index in [1.807, 2.05) is 56.3 Å². The quantitative estimate of drug-likeness (QED) is 0.511. The minimum absolute atomic E-state index is 0.130. The molecule has 7 nitrogen and oxygen atoms in total. The Kier molecular flexibility index (Phi) is 4.80. The standard InChI is InChI=1S/C22H22N4O3/c1-14-19-11-18(28-4)9-10-20(19)29-21(14)22(27)25(3)15(2)16-5-7-17(8-6-16)26-13-23-12-24-26/h5-13,15H,1-4H3. The molecular weight excluding hydrogens is 368 g/mol. The van der Waals surface area contributed by atoms with Crippen molar-refractivity contribution in [3.8, 4) is 11.4 Å². The van der Waals surface area contributed by atoms with Crippen molar-refractivity contribution < 1.29 is 13.9 Å². The number of rotatable bonds is 5. The van der Waals surface area contributed by atoms with Gasteiger partial charge in [0.2, 0.25) is 0 Å². The Morgan fingerprint density at radius 3 is 2.62 bits per heavy atom. The van der Waals surface area contributed by atoms with Crippen LogP contribution >= 0.6 is 0 Å². The van der Waals surface area contributed by atoms with Crippen molar-refractivity contribution in [2.45, 2.75) is 19.9 Å². The number of carbonyl (C=O) groups excluding carboxylic acids is 1. The zero-order valence-corrected chi connectivity index (χ0v) is 16.8. The number of nitrogens with zero attached hydrogens (tertiary/aromatic N) is 4. The Balaban J connectivity index is 1.58. The summed E-state index contributed by atoms with van der Waals surface area (Å²) >= 11 is 0. The third kappa shape index (κ3) is 3.35. The molecule has 2 aromatic heterocycles. The van der Waals surface area contributed by atoms with Crippen LogP contribution in [-0.2, 0) is 0 Å². The molecule has 29 heavy (non-hydrogen) atoms. The zero-order valence-electron chi connectivity index (χ0n) is 16.8. The number of aromatic nitrogens is 3. The average molecular weight is 390 g/mol. The number of hydrogen-bond donors (Lipinski definition) is 0. The van der Waals surface area contributed by atoms with E-state index in [4.69, 9.17) is 9.15 Å². The molecular formula is C22H22N4O3. The molecule has 4 rings (SSSR count). The summed E-state index contributed by atoms with van der Waals surface area (Å²) in [7, 11) is 3.40. The van der Waals surface area contributed by atoms with Gasteiger partial charge < -0.3 is 14.1 Å². The van der Waals surface area contributed by atoms with Crippen molar-refractivity contribution >= 4 is 16.9 Å². The van der Waals surface area contributed by atoms with Crippen LogP contribution in [0, 0.1) is 6.92 Å². The van der Waals surface area contributed by atoms with Crippen LogP contribution in [0.5, 0.6) is 5.75 Å². The summed E-state index contributed by atoms with van der Waals surface area (Å²) in [4.78, 5) is 18.8. The molecule has 0 aliphatic rings. The number of aryl methyl sites for hydroxylation is 1. The van der Waals surface area contributed by atoms with Gasteiger partial charge in [-0.3, -0.25) is 4.79 Å². The lowest BCUT2D eigenvalue weighted by Crippen LogP contribution is -2.29. The Hall–Kier alpha value is -3.61. The molecule has 0 saturated heterocycles. The zero-order chi connectivity index (χ0) is 20.5. The maximum Gasteiger partial charge on any atom is 0.290 e. The summed E-state index contributed by atoms with van der Waals surface area (Å²) in [5.74, 6) is 0.918. The Morgan fingerprint density at radius 1 is 1.21 bits per heavy atom. The van der Waals surface area contributed by atoms with Crippen molar-refractivity contribution in [3.05, 3.63) is 72.0 Å².